The second-order valence-electron chi connectivity index (χ2n) is 3.16. The Labute approximate surface area is 74.8 Å². The predicted octanol–water partition coefficient (Wildman–Crippen LogP) is 2.54. The van der Waals surface area contributed by atoms with Crippen LogP contribution in [0.2, 0.25) is 0 Å². The molecule has 1 aliphatic heterocycles. The Morgan fingerprint density at radius 1 is 1.73 bits per heavy atom. The molecule has 2 nitrogen and oxygen atoms in total. The van der Waals surface area contributed by atoms with Crippen LogP contribution in [0.5, 0.6) is 0 Å². The highest BCUT2D eigenvalue weighted by Gasteiger charge is 2.19. The van der Waals surface area contributed by atoms with E-state index in [1.165, 1.54) is 18.5 Å². The van der Waals surface area contributed by atoms with Gasteiger partial charge in [-0.15, -0.1) is 0 Å². The van der Waals surface area contributed by atoms with Gasteiger partial charge in [-0.25, -0.2) is 4.98 Å². The van der Waals surface area contributed by atoms with Crippen LogP contribution < -0.4 is 0 Å². The van der Waals surface area contributed by atoms with Gasteiger partial charge in [0.25, 0.3) is 0 Å². The van der Waals surface area contributed by atoms with Crippen molar-refractivity contribution in [2.24, 2.45) is 0 Å². The van der Waals surface area contributed by atoms with Crippen LogP contribution in [0.25, 0.3) is 0 Å². The highest BCUT2D eigenvalue weighted by atomic mass is 79.9. The molecule has 1 atom stereocenters. The average Bonchev–Trinajstić information content (AvgIpc) is 2.34. The summed E-state index contributed by atoms with van der Waals surface area (Å²) in [5, 5.41) is 0. The molecule has 0 saturated carbocycles. The van der Waals surface area contributed by atoms with Gasteiger partial charge < -0.3 is 4.57 Å². The quantitative estimate of drug-likeness (QED) is 0.650. The SMILES string of the molecule is CC1CCCn2cnc(Br)c21. The van der Waals surface area contributed by atoms with Crippen LogP contribution in [0.1, 0.15) is 31.4 Å². The number of aromatic nitrogens is 2. The molecule has 1 unspecified atom stereocenters. The van der Waals surface area contributed by atoms with Gasteiger partial charge in [0.05, 0.1) is 12.0 Å². The van der Waals surface area contributed by atoms with E-state index in [4.69, 9.17) is 0 Å². The summed E-state index contributed by atoms with van der Waals surface area (Å²) in [5.41, 5.74) is 1.37. The third-order valence-corrected chi connectivity index (χ3v) is 2.95. The van der Waals surface area contributed by atoms with Crippen molar-refractivity contribution in [3.63, 3.8) is 0 Å². The molecule has 0 fully saturated rings. The van der Waals surface area contributed by atoms with Crippen molar-refractivity contribution >= 4 is 15.9 Å². The van der Waals surface area contributed by atoms with Crippen molar-refractivity contribution in [1.82, 2.24) is 9.55 Å². The molecule has 11 heavy (non-hydrogen) atoms. The first kappa shape index (κ1) is 7.35. The Kier molecular flexibility index (Phi) is 1.75. The number of imidazole rings is 1. The predicted molar refractivity (Wildman–Crippen MR) is 47.6 cm³/mol. The maximum atomic E-state index is 4.23. The standard InChI is InChI=1S/C8H11BrN2/c1-6-3-2-4-11-5-10-8(9)7(6)11/h5-6H,2-4H2,1H3. The van der Waals surface area contributed by atoms with Crippen LogP contribution in [-0.2, 0) is 6.54 Å². The number of hydrogen-bond donors (Lipinski definition) is 0. The lowest BCUT2D eigenvalue weighted by molar-refractivity contribution is 0.473. The van der Waals surface area contributed by atoms with Gasteiger partial charge in [-0.3, -0.25) is 0 Å². The van der Waals surface area contributed by atoms with Crippen molar-refractivity contribution in [3.05, 3.63) is 16.6 Å². The molecular formula is C8H11BrN2. The lowest BCUT2D eigenvalue weighted by atomic mass is 9.99. The number of halogens is 1. The zero-order valence-corrected chi connectivity index (χ0v) is 8.13. The molecule has 0 saturated heterocycles. The molecule has 0 aromatic carbocycles. The van der Waals surface area contributed by atoms with Gasteiger partial charge in [-0.05, 0) is 34.7 Å². The number of aryl methyl sites for hydroxylation is 1. The maximum Gasteiger partial charge on any atom is 0.127 e. The smallest absolute Gasteiger partial charge is 0.127 e. The topological polar surface area (TPSA) is 17.8 Å². The van der Waals surface area contributed by atoms with E-state index in [1.807, 2.05) is 6.33 Å². The van der Waals surface area contributed by atoms with Gasteiger partial charge in [-0.2, -0.15) is 0 Å². The third-order valence-electron chi connectivity index (χ3n) is 2.33. The molecule has 1 aromatic heterocycles. The second kappa shape index (κ2) is 2.63. The Balaban J connectivity index is 2.48. The minimum atomic E-state index is 0.667. The monoisotopic (exact) mass is 214 g/mol. The highest BCUT2D eigenvalue weighted by molar-refractivity contribution is 9.10. The third kappa shape index (κ3) is 1.11. The Morgan fingerprint density at radius 3 is 3.27 bits per heavy atom. The molecule has 60 valence electrons. The van der Waals surface area contributed by atoms with Crippen LogP contribution in [-0.4, -0.2) is 9.55 Å². The van der Waals surface area contributed by atoms with E-state index in [0.717, 1.165) is 11.1 Å². The summed E-state index contributed by atoms with van der Waals surface area (Å²) < 4.78 is 3.28. The fourth-order valence-electron chi connectivity index (χ4n) is 1.74. The van der Waals surface area contributed by atoms with Crippen molar-refractivity contribution in [2.75, 3.05) is 0 Å². The van der Waals surface area contributed by atoms with Gasteiger partial charge in [0, 0.05) is 6.54 Å². The first-order chi connectivity index (χ1) is 5.29. The van der Waals surface area contributed by atoms with Gasteiger partial charge in [0.15, 0.2) is 0 Å². The summed E-state index contributed by atoms with van der Waals surface area (Å²) in [6.07, 6.45) is 4.51. The number of rotatable bonds is 0. The van der Waals surface area contributed by atoms with Crippen LogP contribution >= 0.6 is 15.9 Å². The normalized spacial score (nSPS) is 23.3. The van der Waals surface area contributed by atoms with Gasteiger partial charge in [-0.1, -0.05) is 6.92 Å². The lowest BCUT2D eigenvalue weighted by Crippen LogP contribution is -2.12. The summed E-state index contributed by atoms with van der Waals surface area (Å²) in [5.74, 6) is 0.667. The minimum Gasteiger partial charge on any atom is -0.333 e. The van der Waals surface area contributed by atoms with E-state index in [9.17, 15) is 0 Å². The molecular weight excluding hydrogens is 204 g/mol. The maximum absolute atomic E-state index is 4.23. The van der Waals surface area contributed by atoms with Gasteiger partial charge in [0.2, 0.25) is 0 Å². The molecule has 2 rings (SSSR count). The van der Waals surface area contributed by atoms with Crippen LogP contribution in [0, 0.1) is 0 Å². The van der Waals surface area contributed by atoms with Crippen molar-refractivity contribution in [3.8, 4) is 0 Å². The first-order valence-electron chi connectivity index (χ1n) is 3.99. The molecule has 2 heterocycles. The van der Waals surface area contributed by atoms with E-state index in [2.05, 4.69) is 32.4 Å². The summed E-state index contributed by atoms with van der Waals surface area (Å²) in [4.78, 5) is 4.23. The Hall–Kier alpha value is -0.310. The fraction of sp³-hybridized carbons (Fsp3) is 0.625. The Morgan fingerprint density at radius 2 is 2.55 bits per heavy atom. The highest BCUT2D eigenvalue weighted by Crippen LogP contribution is 2.31. The summed E-state index contributed by atoms with van der Waals surface area (Å²) in [6, 6.07) is 0. The fourth-order valence-corrected chi connectivity index (χ4v) is 2.45. The van der Waals surface area contributed by atoms with Gasteiger partial charge in [0.1, 0.15) is 4.60 Å². The van der Waals surface area contributed by atoms with E-state index >= 15 is 0 Å². The molecule has 0 spiro atoms. The molecule has 0 radical (unpaired) electrons. The zero-order chi connectivity index (χ0) is 7.84. The summed E-state index contributed by atoms with van der Waals surface area (Å²) in [6.45, 7) is 3.40. The Bertz CT molecular complexity index is 267. The van der Waals surface area contributed by atoms with E-state index in [-0.39, 0.29) is 0 Å². The van der Waals surface area contributed by atoms with Crippen LogP contribution in [0.15, 0.2) is 10.9 Å². The largest absolute Gasteiger partial charge is 0.333 e. The first-order valence-corrected chi connectivity index (χ1v) is 4.79. The van der Waals surface area contributed by atoms with Crippen molar-refractivity contribution < 1.29 is 0 Å². The molecule has 0 bridgehead atoms. The van der Waals surface area contributed by atoms with Crippen molar-refractivity contribution in [2.45, 2.75) is 32.2 Å². The lowest BCUT2D eigenvalue weighted by Gasteiger charge is -2.20. The van der Waals surface area contributed by atoms with Crippen molar-refractivity contribution in [1.29, 1.82) is 0 Å². The average molecular weight is 215 g/mol. The number of nitrogens with zero attached hydrogens (tertiary/aromatic N) is 2. The molecule has 3 heteroatoms. The van der Waals surface area contributed by atoms with Crippen LogP contribution in [0.3, 0.4) is 0 Å². The number of hydrogen-bond acceptors (Lipinski definition) is 1. The van der Waals surface area contributed by atoms with E-state index < -0.39 is 0 Å². The molecule has 1 aromatic rings. The van der Waals surface area contributed by atoms with Crippen LogP contribution in [0.4, 0.5) is 0 Å². The minimum absolute atomic E-state index is 0.667. The zero-order valence-electron chi connectivity index (χ0n) is 6.55. The summed E-state index contributed by atoms with van der Waals surface area (Å²) >= 11 is 3.46. The molecule has 1 aliphatic rings. The van der Waals surface area contributed by atoms with E-state index in [0.29, 0.717) is 5.92 Å². The summed E-state index contributed by atoms with van der Waals surface area (Å²) in [7, 11) is 0. The molecule has 0 aliphatic carbocycles. The molecule has 0 N–H and O–H groups in total. The second-order valence-corrected chi connectivity index (χ2v) is 3.91. The molecule has 0 amide bonds. The van der Waals surface area contributed by atoms with Gasteiger partial charge >= 0.3 is 0 Å². The van der Waals surface area contributed by atoms with E-state index in [1.54, 1.807) is 0 Å². The number of fused-ring (bicyclic) bond motifs is 1.